The molecule has 8 heteroatoms. The van der Waals surface area contributed by atoms with Gasteiger partial charge in [-0.05, 0) is 19.3 Å². The zero-order valence-corrected chi connectivity index (χ0v) is 27.6. The minimum atomic E-state index is -4.70. The van der Waals surface area contributed by atoms with Crippen molar-refractivity contribution in [2.45, 2.75) is 187 Å². The second-order valence-corrected chi connectivity index (χ2v) is 13.1. The molecule has 1 amide bonds. The molecule has 0 spiro atoms. The number of hydrogen-bond donors (Lipinski definition) is 4. The minimum absolute atomic E-state index is 0.228. The second-order valence-electron chi connectivity index (χ2n) is 11.8. The van der Waals surface area contributed by atoms with E-state index in [1.54, 1.807) is 6.08 Å². The third-order valence-corrected chi connectivity index (χ3v) is 8.23. The molecule has 0 aliphatic rings. The van der Waals surface area contributed by atoms with E-state index >= 15 is 0 Å². The van der Waals surface area contributed by atoms with Crippen molar-refractivity contribution in [3.63, 3.8) is 0 Å². The Labute approximate surface area is 252 Å². The lowest BCUT2D eigenvalue weighted by atomic mass is 10.0. The summed E-state index contributed by atoms with van der Waals surface area (Å²) in [7, 11) is -4.70. The summed E-state index contributed by atoms with van der Waals surface area (Å²) in [4.78, 5) is 30.6. The summed E-state index contributed by atoms with van der Waals surface area (Å²) in [6.07, 6.45) is 32.2. The number of unbranched alkanes of at least 4 members (excludes halogenated alkanes) is 22. The number of hydrogen-bond acceptors (Lipinski definition) is 4. The summed E-state index contributed by atoms with van der Waals surface area (Å²) in [5, 5.41) is 13.3. The normalized spacial score (nSPS) is 13.6. The summed E-state index contributed by atoms with van der Waals surface area (Å²) < 4.78 is 15.8. The van der Waals surface area contributed by atoms with E-state index in [1.807, 2.05) is 6.08 Å². The Morgan fingerprint density at radius 2 is 1.07 bits per heavy atom. The predicted molar refractivity (Wildman–Crippen MR) is 172 cm³/mol. The van der Waals surface area contributed by atoms with E-state index in [-0.39, 0.29) is 5.91 Å². The van der Waals surface area contributed by atoms with Gasteiger partial charge in [0.05, 0.1) is 18.8 Å². The summed E-state index contributed by atoms with van der Waals surface area (Å²) in [6, 6.07) is -0.902. The van der Waals surface area contributed by atoms with Crippen LogP contribution in [-0.4, -0.2) is 39.6 Å². The van der Waals surface area contributed by atoms with Gasteiger partial charge >= 0.3 is 7.82 Å². The first-order valence-electron chi connectivity index (χ1n) is 17.1. The predicted octanol–water partition coefficient (Wildman–Crippen LogP) is 9.29. The first-order chi connectivity index (χ1) is 19.8. The average molecular weight is 604 g/mol. The number of aliphatic hydroxyl groups excluding tert-OH is 1. The van der Waals surface area contributed by atoms with Crippen LogP contribution in [0.1, 0.15) is 174 Å². The fraction of sp³-hybridized carbons (Fsp3) is 0.909. The van der Waals surface area contributed by atoms with E-state index in [2.05, 4.69) is 23.7 Å². The summed E-state index contributed by atoms with van der Waals surface area (Å²) in [6.45, 7) is 4.04. The van der Waals surface area contributed by atoms with Crippen molar-refractivity contribution in [3.05, 3.63) is 12.2 Å². The maximum atomic E-state index is 12.5. The molecule has 0 aliphatic carbocycles. The van der Waals surface area contributed by atoms with Gasteiger partial charge in [0, 0.05) is 6.42 Å². The Morgan fingerprint density at radius 3 is 1.49 bits per heavy atom. The largest absolute Gasteiger partial charge is 0.469 e. The van der Waals surface area contributed by atoms with Gasteiger partial charge in [-0.3, -0.25) is 9.32 Å². The molecule has 41 heavy (non-hydrogen) atoms. The van der Waals surface area contributed by atoms with Crippen LogP contribution in [0.3, 0.4) is 0 Å². The molecule has 244 valence electrons. The highest BCUT2D eigenvalue weighted by atomic mass is 31.2. The third kappa shape index (κ3) is 30.5. The summed E-state index contributed by atoms with van der Waals surface area (Å²) in [5.74, 6) is -0.228. The van der Waals surface area contributed by atoms with Crippen LogP contribution < -0.4 is 5.32 Å². The number of nitrogens with one attached hydrogen (secondary N) is 1. The lowest BCUT2D eigenvalue weighted by molar-refractivity contribution is -0.123. The molecule has 0 saturated carbocycles. The van der Waals surface area contributed by atoms with Gasteiger partial charge < -0.3 is 20.2 Å². The number of carbonyl (C=O) groups excluding carboxylic acids is 1. The van der Waals surface area contributed by atoms with Gasteiger partial charge in [-0.25, -0.2) is 4.57 Å². The number of phosphoric acid groups is 1. The molecule has 0 rings (SSSR count). The average Bonchev–Trinajstić information content (AvgIpc) is 2.93. The Hall–Kier alpha value is -0.720. The highest BCUT2D eigenvalue weighted by Crippen LogP contribution is 2.35. The number of rotatable bonds is 31. The number of amides is 1. The van der Waals surface area contributed by atoms with E-state index in [4.69, 9.17) is 9.79 Å². The van der Waals surface area contributed by atoms with Crippen LogP contribution in [0.2, 0.25) is 0 Å². The topological polar surface area (TPSA) is 116 Å². The van der Waals surface area contributed by atoms with Crippen molar-refractivity contribution in [2.75, 3.05) is 6.61 Å². The Kier molecular flexibility index (Phi) is 28.8. The fourth-order valence-corrected chi connectivity index (χ4v) is 5.46. The van der Waals surface area contributed by atoms with Crippen LogP contribution in [0.4, 0.5) is 0 Å². The van der Waals surface area contributed by atoms with Crippen molar-refractivity contribution < 1.29 is 28.8 Å². The van der Waals surface area contributed by atoms with Gasteiger partial charge in [0.1, 0.15) is 0 Å². The highest BCUT2D eigenvalue weighted by Gasteiger charge is 2.24. The molecule has 0 heterocycles. The zero-order valence-electron chi connectivity index (χ0n) is 26.7. The Bertz CT molecular complexity index is 654. The molecule has 0 aliphatic heterocycles. The van der Waals surface area contributed by atoms with Crippen LogP contribution in [0.25, 0.3) is 0 Å². The molecule has 0 bridgehead atoms. The lowest BCUT2D eigenvalue weighted by Crippen LogP contribution is -2.45. The molecule has 7 nitrogen and oxygen atoms in total. The molecular weight excluding hydrogens is 537 g/mol. The maximum Gasteiger partial charge on any atom is 0.469 e. The molecule has 0 fully saturated rings. The van der Waals surface area contributed by atoms with Crippen LogP contribution in [0.5, 0.6) is 0 Å². The smallest absolute Gasteiger partial charge is 0.387 e. The minimum Gasteiger partial charge on any atom is -0.387 e. The molecular formula is C33H66NO6P. The first-order valence-corrected chi connectivity index (χ1v) is 18.7. The van der Waals surface area contributed by atoms with E-state index in [9.17, 15) is 14.5 Å². The molecule has 0 aromatic heterocycles. The Morgan fingerprint density at radius 1 is 0.683 bits per heavy atom. The van der Waals surface area contributed by atoms with Crippen molar-refractivity contribution >= 4 is 13.7 Å². The van der Waals surface area contributed by atoms with Crippen LogP contribution in [-0.2, 0) is 13.9 Å². The lowest BCUT2D eigenvalue weighted by Gasteiger charge is -2.22. The molecule has 0 radical (unpaired) electrons. The number of aliphatic hydroxyl groups is 1. The number of phosphoric ester groups is 1. The molecule has 0 aromatic carbocycles. The van der Waals surface area contributed by atoms with Gasteiger partial charge in [0.2, 0.25) is 5.91 Å². The van der Waals surface area contributed by atoms with Crippen LogP contribution in [0.15, 0.2) is 12.2 Å². The van der Waals surface area contributed by atoms with Gasteiger partial charge in [-0.2, -0.15) is 0 Å². The monoisotopic (exact) mass is 603 g/mol. The third-order valence-electron chi connectivity index (χ3n) is 7.75. The van der Waals surface area contributed by atoms with Gasteiger partial charge in [0.25, 0.3) is 0 Å². The van der Waals surface area contributed by atoms with E-state index in [1.165, 1.54) is 116 Å². The Balaban J connectivity index is 4.09. The van der Waals surface area contributed by atoms with Crippen molar-refractivity contribution in [3.8, 4) is 0 Å². The SMILES string of the molecule is CCCCCCCCCCCCC/C=C/[C@@H](O)[C@H](COP(=O)(O)O)NC(=O)CCCCCCCCCCCCCC. The van der Waals surface area contributed by atoms with Crippen molar-refractivity contribution in [1.82, 2.24) is 5.32 Å². The second kappa shape index (κ2) is 29.4. The molecule has 0 unspecified atom stereocenters. The van der Waals surface area contributed by atoms with Gasteiger partial charge in [0.15, 0.2) is 0 Å². The molecule has 2 atom stereocenters. The maximum absolute atomic E-state index is 12.5. The fourth-order valence-electron chi connectivity index (χ4n) is 5.10. The van der Waals surface area contributed by atoms with Crippen molar-refractivity contribution in [1.29, 1.82) is 0 Å². The molecule has 4 N–H and O–H groups in total. The summed E-state index contributed by atoms with van der Waals surface area (Å²) in [5.41, 5.74) is 0. The zero-order chi connectivity index (χ0) is 30.4. The number of carbonyl (C=O) groups is 1. The van der Waals surface area contributed by atoms with Gasteiger partial charge in [-0.15, -0.1) is 0 Å². The van der Waals surface area contributed by atoms with Crippen LogP contribution in [0, 0.1) is 0 Å². The first kappa shape index (κ1) is 40.3. The summed E-state index contributed by atoms with van der Waals surface area (Å²) >= 11 is 0. The molecule has 0 saturated heterocycles. The highest BCUT2D eigenvalue weighted by molar-refractivity contribution is 7.46. The van der Waals surface area contributed by atoms with Gasteiger partial charge in [-0.1, -0.05) is 161 Å². The van der Waals surface area contributed by atoms with Crippen LogP contribution >= 0.6 is 7.82 Å². The van der Waals surface area contributed by atoms with E-state index < -0.39 is 26.6 Å². The quantitative estimate of drug-likeness (QED) is 0.0356. The van der Waals surface area contributed by atoms with Crippen molar-refractivity contribution in [2.24, 2.45) is 0 Å². The molecule has 0 aromatic rings. The van der Waals surface area contributed by atoms with E-state index in [0.717, 1.165) is 38.5 Å². The van der Waals surface area contributed by atoms with E-state index in [0.29, 0.717) is 6.42 Å². The standard InChI is InChI=1S/C33H66NO6P/c1-3-5-7-9-11-13-15-17-18-20-22-24-26-28-32(35)31(30-40-41(37,38)39)34-33(36)29-27-25-23-21-19-16-14-12-10-8-6-4-2/h26,28,31-32,35H,3-25,27,29-30H2,1-2H3,(H,34,36)(H2,37,38,39)/b28-26+/t31-,32+/m0/s1. The number of allylic oxidation sites excluding steroid dienone is 1.